The Kier molecular flexibility index (Phi) is 2.86. The summed E-state index contributed by atoms with van der Waals surface area (Å²) in [7, 11) is 0. The molecule has 0 atom stereocenters. The van der Waals surface area contributed by atoms with Gasteiger partial charge in [0.1, 0.15) is 12.4 Å². The van der Waals surface area contributed by atoms with Crippen LogP contribution in [0.2, 0.25) is 0 Å². The Balaban J connectivity index is 1.94. The van der Waals surface area contributed by atoms with Crippen molar-refractivity contribution in [2.75, 3.05) is 19.8 Å². The summed E-state index contributed by atoms with van der Waals surface area (Å²) in [5.41, 5.74) is 0. The number of rotatable bonds is 2. The number of hydrogen-bond acceptors (Lipinski definition) is 4. The summed E-state index contributed by atoms with van der Waals surface area (Å²) >= 11 is 0. The van der Waals surface area contributed by atoms with Crippen LogP contribution in [0.25, 0.3) is 0 Å². The molecular formula is C9H13N3O3. The second kappa shape index (κ2) is 4.31. The second-order valence-corrected chi connectivity index (χ2v) is 3.30. The second-order valence-electron chi connectivity index (χ2n) is 3.30. The molecule has 0 spiro atoms. The van der Waals surface area contributed by atoms with Crippen LogP contribution >= 0.6 is 0 Å². The van der Waals surface area contributed by atoms with Gasteiger partial charge >= 0.3 is 6.09 Å². The monoisotopic (exact) mass is 211 g/mol. The van der Waals surface area contributed by atoms with E-state index in [1.165, 1.54) is 0 Å². The number of carbonyl (C=O) groups is 1. The Labute approximate surface area is 87.1 Å². The Morgan fingerprint density at radius 2 is 2.47 bits per heavy atom. The average molecular weight is 211 g/mol. The van der Waals surface area contributed by atoms with E-state index >= 15 is 0 Å². The maximum absolute atomic E-state index is 11.4. The molecule has 1 aliphatic rings. The highest BCUT2D eigenvalue weighted by Crippen LogP contribution is 2.10. The maximum atomic E-state index is 11.4. The van der Waals surface area contributed by atoms with Crippen molar-refractivity contribution in [3.8, 4) is 0 Å². The molecule has 0 aliphatic carbocycles. The standard InChI is InChI=1S/C9H13N3O3/c13-5-6-15-9(14)12-4-3-11-2-1-10-8(11)7-12/h1-2,13H,3-7H2. The average Bonchev–Trinajstić information content (AvgIpc) is 2.72. The van der Waals surface area contributed by atoms with Gasteiger partial charge in [-0.2, -0.15) is 0 Å². The quantitative estimate of drug-likeness (QED) is 0.737. The Morgan fingerprint density at radius 1 is 1.60 bits per heavy atom. The topological polar surface area (TPSA) is 67.6 Å². The number of carbonyl (C=O) groups excluding carboxylic acids is 1. The van der Waals surface area contributed by atoms with Gasteiger partial charge in [-0.15, -0.1) is 0 Å². The van der Waals surface area contributed by atoms with Crippen LogP contribution < -0.4 is 0 Å². The molecule has 15 heavy (non-hydrogen) atoms. The van der Waals surface area contributed by atoms with Crippen molar-refractivity contribution in [1.82, 2.24) is 14.5 Å². The molecule has 1 amide bonds. The first kappa shape index (κ1) is 9.97. The van der Waals surface area contributed by atoms with Crippen LogP contribution in [0.15, 0.2) is 12.4 Å². The van der Waals surface area contributed by atoms with E-state index in [-0.39, 0.29) is 13.2 Å². The predicted molar refractivity (Wildman–Crippen MR) is 51.1 cm³/mol. The number of aliphatic hydroxyl groups is 1. The third-order valence-corrected chi connectivity index (χ3v) is 2.32. The van der Waals surface area contributed by atoms with Crippen molar-refractivity contribution in [3.05, 3.63) is 18.2 Å². The van der Waals surface area contributed by atoms with Crippen molar-refractivity contribution in [1.29, 1.82) is 0 Å². The number of fused-ring (bicyclic) bond motifs is 1. The Hall–Kier alpha value is -1.56. The van der Waals surface area contributed by atoms with E-state index < -0.39 is 6.09 Å². The lowest BCUT2D eigenvalue weighted by Gasteiger charge is -2.26. The highest BCUT2D eigenvalue weighted by atomic mass is 16.6. The zero-order valence-electron chi connectivity index (χ0n) is 8.30. The molecule has 1 aromatic rings. The van der Waals surface area contributed by atoms with E-state index in [0.29, 0.717) is 13.1 Å². The van der Waals surface area contributed by atoms with Crippen LogP contribution in [-0.4, -0.2) is 45.4 Å². The fraction of sp³-hybridized carbons (Fsp3) is 0.556. The first-order chi connectivity index (χ1) is 7.31. The van der Waals surface area contributed by atoms with Crippen molar-refractivity contribution >= 4 is 6.09 Å². The molecule has 0 unspecified atom stereocenters. The van der Waals surface area contributed by atoms with Gasteiger partial charge in [-0.25, -0.2) is 9.78 Å². The lowest BCUT2D eigenvalue weighted by Crippen LogP contribution is -2.38. The van der Waals surface area contributed by atoms with Crippen LogP contribution in [0.5, 0.6) is 0 Å². The molecule has 2 heterocycles. The van der Waals surface area contributed by atoms with Gasteiger partial charge in [-0.05, 0) is 0 Å². The van der Waals surface area contributed by atoms with Crippen LogP contribution in [0.3, 0.4) is 0 Å². The van der Waals surface area contributed by atoms with Gasteiger partial charge in [0.2, 0.25) is 0 Å². The molecule has 6 nitrogen and oxygen atoms in total. The Morgan fingerprint density at radius 3 is 3.27 bits per heavy atom. The molecule has 6 heteroatoms. The summed E-state index contributed by atoms with van der Waals surface area (Å²) < 4.78 is 6.83. The largest absolute Gasteiger partial charge is 0.447 e. The van der Waals surface area contributed by atoms with E-state index in [1.807, 2.05) is 10.8 Å². The number of aliphatic hydroxyl groups excluding tert-OH is 1. The van der Waals surface area contributed by atoms with Gasteiger partial charge in [0.25, 0.3) is 0 Å². The van der Waals surface area contributed by atoms with Crippen molar-refractivity contribution < 1.29 is 14.6 Å². The molecule has 0 aromatic carbocycles. The lowest BCUT2D eigenvalue weighted by atomic mass is 10.4. The third kappa shape index (κ3) is 2.10. The lowest BCUT2D eigenvalue weighted by molar-refractivity contribution is 0.0759. The van der Waals surface area contributed by atoms with Gasteiger partial charge < -0.3 is 14.4 Å². The van der Waals surface area contributed by atoms with Crippen LogP contribution in [-0.2, 0) is 17.8 Å². The summed E-state index contributed by atoms with van der Waals surface area (Å²) in [5.74, 6) is 0.863. The molecule has 0 fully saturated rings. The molecule has 2 rings (SSSR count). The van der Waals surface area contributed by atoms with Crippen molar-refractivity contribution in [2.24, 2.45) is 0 Å². The van der Waals surface area contributed by atoms with E-state index in [4.69, 9.17) is 9.84 Å². The highest BCUT2D eigenvalue weighted by molar-refractivity contribution is 5.67. The minimum Gasteiger partial charge on any atom is -0.447 e. The summed E-state index contributed by atoms with van der Waals surface area (Å²) in [4.78, 5) is 17.2. The number of aromatic nitrogens is 2. The van der Waals surface area contributed by atoms with E-state index in [2.05, 4.69) is 4.98 Å². The number of imidazole rings is 1. The Bertz CT molecular complexity index is 350. The van der Waals surface area contributed by atoms with E-state index in [9.17, 15) is 4.79 Å². The summed E-state index contributed by atoms with van der Waals surface area (Å²) in [6, 6.07) is 0. The zero-order chi connectivity index (χ0) is 10.7. The van der Waals surface area contributed by atoms with Crippen LogP contribution in [0.1, 0.15) is 5.82 Å². The summed E-state index contributed by atoms with van der Waals surface area (Å²) in [5, 5.41) is 8.53. The van der Waals surface area contributed by atoms with Gasteiger partial charge in [0.05, 0.1) is 13.2 Å². The van der Waals surface area contributed by atoms with Crippen LogP contribution in [0, 0.1) is 0 Å². The minimum absolute atomic E-state index is 0.0454. The molecule has 1 aromatic heterocycles. The SMILES string of the molecule is O=C(OCCO)N1CCn2ccnc2C1. The molecule has 0 bridgehead atoms. The number of nitrogens with zero attached hydrogens (tertiary/aromatic N) is 3. The smallest absolute Gasteiger partial charge is 0.410 e. The number of amides is 1. The first-order valence-corrected chi connectivity index (χ1v) is 4.84. The maximum Gasteiger partial charge on any atom is 0.410 e. The third-order valence-electron chi connectivity index (χ3n) is 2.32. The molecule has 82 valence electrons. The first-order valence-electron chi connectivity index (χ1n) is 4.84. The van der Waals surface area contributed by atoms with Gasteiger partial charge in [0.15, 0.2) is 0 Å². The molecule has 0 radical (unpaired) electrons. The predicted octanol–water partition coefficient (Wildman–Crippen LogP) is -0.172. The fourth-order valence-corrected chi connectivity index (χ4v) is 1.55. The highest BCUT2D eigenvalue weighted by Gasteiger charge is 2.21. The molecule has 0 saturated carbocycles. The van der Waals surface area contributed by atoms with E-state index in [0.717, 1.165) is 12.4 Å². The minimum atomic E-state index is -0.390. The van der Waals surface area contributed by atoms with Gasteiger partial charge in [-0.3, -0.25) is 4.90 Å². The van der Waals surface area contributed by atoms with Gasteiger partial charge in [0, 0.05) is 25.5 Å². The molecular weight excluding hydrogens is 198 g/mol. The fourth-order valence-electron chi connectivity index (χ4n) is 1.55. The normalized spacial score (nSPS) is 14.9. The summed E-state index contributed by atoms with van der Waals surface area (Å²) in [6.45, 7) is 1.73. The summed E-state index contributed by atoms with van der Waals surface area (Å²) in [6.07, 6.45) is 3.22. The van der Waals surface area contributed by atoms with Crippen LogP contribution in [0.4, 0.5) is 4.79 Å². The molecule has 0 saturated heterocycles. The van der Waals surface area contributed by atoms with Crippen molar-refractivity contribution in [2.45, 2.75) is 13.1 Å². The van der Waals surface area contributed by atoms with Gasteiger partial charge in [-0.1, -0.05) is 0 Å². The van der Waals surface area contributed by atoms with Crippen molar-refractivity contribution in [3.63, 3.8) is 0 Å². The molecule has 1 aliphatic heterocycles. The zero-order valence-corrected chi connectivity index (χ0v) is 8.30. The molecule has 1 N–H and O–H groups in total. The number of ether oxygens (including phenoxy) is 1. The van der Waals surface area contributed by atoms with E-state index in [1.54, 1.807) is 11.1 Å². The number of hydrogen-bond donors (Lipinski definition) is 1.